The van der Waals surface area contributed by atoms with Gasteiger partial charge in [0.1, 0.15) is 6.04 Å². The van der Waals surface area contributed by atoms with Crippen molar-refractivity contribution in [3.63, 3.8) is 0 Å². The Morgan fingerprint density at radius 3 is 2.79 bits per heavy atom. The van der Waals surface area contributed by atoms with E-state index in [4.69, 9.17) is 4.74 Å². The molecule has 1 heterocycles. The van der Waals surface area contributed by atoms with Gasteiger partial charge in [-0.25, -0.2) is 4.79 Å². The molecular formula is C21H25N3O4. The third kappa shape index (κ3) is 4.30. The molecule has 1 aromatic heterocycles. The minimum atomic E-state index is -0.691. The number of ether oxygens (including phenoxy) is 1. The van der Waals surface area contributed by atoms with Gasteiger partial charge in [-0.3, -0.25) is 14.6 Å². The van der Waals surface area contributed by atoms with Gasteiger partial charge in [-0.05, 0) is 44.2 Å². The zero-order chi connectivity index (χ0) is 20.1. The molecule has 0 bridgehead atoms. The first-order valence-electron chi connectivity index (χ1n) is 9.66. The largest absolute Gasteiger partial charge is 0.452 e. The molecule has 7 nitrogen and oxygen atoms in total. The molecule has 0 saturated carbocycles. The molecule has 0 fully saturated rings. The van der Waals surface area contributed by atoms with Crippen LogP contribution >= 0.6 is 0 Å². The second-order valence-corrected chi connectivity index (χ2v) is 6.94. The van der Waals surface area contributed by atoms with Gasteiger partial charge in [-0.15, -0.1) is 0 Å². The molecule has 3 rings (SSSR count). The van der Waals surface area contributed by atoms with Crippen molar-refractivity contribution in [2.75, 3.05) is 13.2 Å². The van der Waals surface area contributed by atoms with Crippen molar-refractivity contribution < 1.29 is 19.1 Å². The van der Waals surface area contributed by atoms with Crippen LogP contribution in [0.5, 0.6) is 0 Å². The third-order valence-corrected chi connectivity index (χ3v) is 4.78. The Labute approximate surface area is 163 Å². The predicted molar refractivity (Wildman–Crippen MR) is 105 cm³/mol. The first-order chi connectivity index (χ1) is 13.5. The van der Waals surface area contributed by atoms with Gasteiger partial charge in [0, 0.05) is 17.6 Å². The second kappa shape index (κ2) is 8.82. The molecule has 2 N–H and O–H groups in total. The molecule has 28 heavy (non-hydrogen) atoms. The van der Waals surface area contributed by atoms with Gasteiger partial charge >= 0.3 is 5.97 Å². The maximum absolute atomic E-state index is 12.8. The van der Waals surface area contributed by atoms with Gasteiger partial charge in [-0.2, -0.15) is 0 Å². The van der Waals surface area contributed by atoms with Crippen molar-refractivity contribution in [1.82, 2.24) is 15.6 Å². The van der Waals surface area contributed by atoms with Crippen molar-refractivity contribution >= 4 is 28.7 Å². The third-order valence-electron chi connectivity index (χ3n) is 4.78. The Hall–Kier alpha value is -2.96. The lowest BCUT2D eigenvalue weighted by Crippen LogP contribution is -2.46. The molecule has 0 aliphatic heterocycles. The van der Waals surface area contributed by atoms with Crippen LogP contribution in [0.15, 0.2) is 24.3 Å². The zero-order valence-corrected chi connectivity index (χ0v) is 16.2. The molecule has 1 aromatic carbocycles. The quantitative estimate of drug-likeness (QED) is 0.712. The number of nitrogens with one attached hydrogen (secondary N) is 2. The normalized spacial score (nSPS) is 13.6. The molecule has 7 heteroatoms. The number of fused-ring (bicyclic) bond motifs is 2. The number of hydrogen-bond donors (Lipinski definition) is 2. The second-order valence-electron chi connectivity index (χ2n) is 6.94. The Bertz CT molecular complexity index is 910. The number of hydrogen-bond acceptors (Lipinski definition) is 5. The molecule has 0 unspecified atom stereocenters. The van der Waals surface area contributed by atoms with Crippen LogP contribution < -0.4 is 10.6 Å². The highest BCUT2D eigenvalue weighted by Crippen LogP contribution is 2.30. The van der Waals surface area contributed by atoms with E-state index in [0.29, 0.717) is 12.1 Å². The van der Waals surface area contributed by atoms with Crippen LogP contribution in [0, 0.1) is 0 Å². The molecule has 1 aliphatic rings. The summed E-state index contributed by atoms with van der Waals surface area (Å²) < 4.78 is 5.27. The summed E-state index contributed by atoms with van der Waals surface area (Å²) in [6.45, 7) is 3.65. The van der Waals surface area contributed by atoms with E-state index < -0.39 is 24.5 Å². The van der Waals surface area contributed by atoms with Gasteiger partial charge in [0.25, 0.3) is 5.91 Å². The summed E-state index contributed by atoms with van der Waals surface area (Å²) in [5.41, 5.74) is 3.09. The van der Waals surface area contributed by atoms with E-state index in [1.165, 1.54) is 0 Å². The number of benzene rings is 1. The standard InChI is InChI=1S/C21H25N3O4/c1-3-11-22-20(26)13(2)23-18(25)12-28-21(27)19-14-7-4-5-9-16(14)24-17-10-6-8-15(17)19/h4-5,7,9,13H,3,6,8,10-12H2,1-2H3,(H,22,26)(H,23,25)/t13-/m0/s1. The van der Waals surface area contributed by atoms with Crippen molar-refractivity contribution in [3.8, 4) is 0 Å². The maximum atomic E-state index is 12.8. The van der Waals surface area contributed by atoms with Gasteiger partial charge in [0.05, 0.1) is 11.1 Å². The monoisotopic (exact) mass is 383 g/mol. The maximum Gasteiger partial charge on any atom is 0.339 e. The van der Waals surface area contributed by atoms with Crippen LogP contribution in [0.2, 0.25) is 0 Å². The summed E-state index contributed by atoms with van der Waals surface area (Å²) in [6, 6.07) is 6.75. The molecule has 1 atom stereocenters. The fourth-order valence-corrected chi connectivity index (χ4v) is 3.40. The van der Waals surface area contributed by atoms with E-state index >= 15 is 0 Å². The highest BCUT2D eigenvalue weighted by atomic mass is 16.5. The number of para-hydroxylation sites is 1. The summed E-state index contributed by atoms with van der Waals surface area (Å²) in [4.78, 5) is 41.3. The fourth-order valence-electron chi connectivity index (χ4n) is 3.40. The van der Waals surface area contributed by atoms with E-state index in [0.717, 1.165) is 47.8 Å². The number of rotatable bonds is 7. The summed E-state index contributed by atoms with van der Waals surface area (Å²) in [5, 5.41) is 5.99. The number of aromatic nitrogens is 1. The first kappa shape index (κ1) is 19.8. The molecule has 1 aliphatic carbocycles. The Morgan fingerprint density at radius 2 is 2.00 bits per heavy atom. The molecule has 2 amide bonds. The smallest absolute Gasteiger partial charge is 0.339 e. The van der Waals surface area contributed by atoms with Gasteiger partial charge in [0.2, 0.25) is 5.91 Å². The average Bonchev–Trinajstić information content (AvgIpc) is 3.16. The van der Waals surface area contributed by atoms with E-state index in [-0.39, 0.29) is 5.91 Å². The van der Waals surface area contributed by atoms with Gasteiger partial charge in [0.15, 0.2) is 6.61 Å². The molecule has 0 spiro atoms. The lowest BCUT2D eigenvalue weighted by atomic mass is 10.0. The molecule has 0 radical (unpaired) electrons. The molecule has 0 saturated heterocycles. The fraction of sp³-hybridized carbons (Fsp3) is 0.429. The first-order valence-corrected chi connectivity index (χ1v) is 9.66. The van der Waals surface area contributed by atoms with Crippen LogP contribution in [-0.4, -0.2) is 42.0 Å². The number of carbonyl (C=O) groups excluding carboxylic acids is 3. The number of esters is 1. The SMILES string of the molecule is CCCNC(=O)[C@H](C)NC(=O)COC(=O)c1c2c(nc3ccccc13)CCC2. The van der Waals surface area contributed by atoms with E-state index in [2.05, 4.69) is 15.6 Å². The summed E-state index contributed by atoms with van der Waals surface area (Å²) in [6.07, 6.45) is 3.38. The van der Waals surface area contributed by atoms with Gasteiger partial charge < -0.3 is 15.4 Å². The number of pyridine rings is 1. The van der Waals surface area contributed by atoms with E-state index in [1.807, 2.05) is 31.2 Å². The average molecular weight is 383 g/mol. The number of carbonyl (C=O) groups is 3. The van der Waals surface area contributed by atoms with E-state index in [9.17, 15) is 14.4 Å². The lowest BCUT2D eigenvalue weighted by Gasteiger charge is -2.15. The summed E-state index contributed by atoms with van der Waals surface area (Å²) in [5.74, 6) is -1.31. The minimum absolute atomic E-state index is 0.264. The van der Waals surface area contributed by atoms with Crippen LogP contribution in [0.1, 0.15) is 48.3 Å². The number of nitrogens with zero attached hydrogens (tertiary/aromatic N) is 1. The number of aryl methyl sites for hydroxylation is 1. The molecule has 148 valence electrons. The minimum Gasteiger partial charge on any atom is -0.452 e. The highest BCUT2D eigenvalue weighted by Gasteiger charge is 2.25. The molecule has 2 aromatic rings. The van der Waals surface area contributed by atoms with E-state index in [1.54, 1.807) is 6.92 Å². The molecular weight excluding hydrogens is 358 g/mol. The van der Waals surface area contributed by atoms with Crippen molar-refractivity contribution in [2.24, 2.45) is 0 Å². The van der Waals surface area contributed by atoms with Crippen LogP contribution in [0.4, 0.5) is 0 Å². The Morgan fingerprint density at radius 1 is 1.21 bits per heavy atom. The highest BCUT2D eigenvalue weighted by molar-refractivity contribution is 6.05. The Kier molecular flexibility index (Phi) is 6.23. The van der Waals surface area contributed by atoms with Crippen molar-refractivity contribution in [3.05, 3.63) is 41.1 Å². The van der Waals surface area contributed by atoms with Gasteiger partial charge in [-0.1, -0.05) is 25.1 Å². The van der Waals surface area contributed by atoms with Crippen LogP contribution in [0.3, 0.4) is 0 Å². The number of amides is 2. The van der Waals surface area contributed by atoms with Crippen LogP contribution in [-0.2, 0) is 27.2 Å². The summed E-state index contributed by atoms with van der Waals surface area (Å²) in [7, 11) is 0. The van der Waals surface area contributed by atoms with Crippen LogP contribution in [0.25, 0.3) is 10.9 Å². The Balaban J connectivity index is 1.67. The van der Waals surface area contributed by atoms with Crippen molar-refractivity contribution in [1.29, 1.82) is 0 Å². The lowest BCUT2D eigenvalue weighted by molar-refractivity contribution is -0.130. The zero-order valence-electron chi connectivity index (χ0n) is 16.2. The van der Waals surface area contributed by atoms with Crippen molar-refractivity contribution in [2.45, 2.75) is 45.6 Å². The predicted octanol–water partition coefficient (Wildman–Crippen LogP) is 1.91. The summed E-state index contributed by atoms with van der Waals surface area (Å²) >= 11 is 0. The topological polar surface area (TPSA) is 97.4 Å².